The van der Waals surface area contributed by atoms with Gasteiger partial charge < -0.3 is 0 Å². The van der Waals surface area contributed by atoms with Crippen LogP contribution >= 0.6 is 11.3 Å². The zero-order valence-electron chi connectivity index (χ0n) is 16.6. The number of rotatable bonds is 7. The fourth-order valence-corrected chi connectivity index (χ4v) is 5.24. The molecule has 1 amide bonds. The van der Waals surface area contributed by atoms with E-state index in [1.54, 1.807) is 41.3 Å². The van der Waals surface area contributed by atoms with Gasteiger partial charge in [0, 0.05) is 18.9 Å². The summed E-state index contributed by atoms with van der Waals surface area (Å²) in [5.74, 6) is -0.999. The molecule has 0 N–H and O–H groups in total. The van der Waals surface area contributed by atoms with Crippen molar-refractivity contribution in [3.05, 3.63) is 72.3 Å². The first-order chi connectivity index (χ1) is 14.9. The van der Waals surface area contributed by atoms with E-state index in [9.17, 15) is 17.6 Å². The van der Waals surface area contributed by atoms with Gasteiger partial charge in [-0.25, -0.2) is 17.8 Å². The molecule has 0 bridgehead atoms. The summed E-state index contributed by atoms with van der Waals surface area (Å²) in [5, 5.41) is 4.52. The maximum Gasteiger partial charge on any atom is 0.261 e. The number of anilines is 1. The van der Waals surface area contributed by atoms with Gasteiger partial charge in [0.05, 0.1) is 33.0 Å². The molecule has 4 rings (SSSR count). The Morgan fingerprint density at radius 3 is 2.74 bits per heavy atom. The summed E-state index contributed by atoms with van der Waals surface area (Å²) >= 11 is 1.17. The average molecular weight is 459 g/mol. The standard InChI is InChI=1S/C21H19FN4O3S2/c1-2-31(28,29)19-7-4-3-6-16(19)20(27)26(13-12-25-11-5-10-23-25)21-24-17-9-8-15(22)14-18(17)30-21/h3-11,14H,2,12-13H2,1H3. The molecule has 0 saturated heterocycles. The van der Waals surface area contributed by atoms with Gasteiger partial charge in [-0.3, -0.25) is 14.4 Å². The number of hydrogen-bond acceptors (Lipinski definition) is 6. The van der Waals surface area contributed by atoms with Crippen LogP contribution in [0.2, 0.25) is 0 Å². The van der Waals surface area contributed by atoms with Crippen molar-refractivity contribution in [2.75, 3.05) is 17.2 Å². The van der Waals surface area contributed by atoms with E-state index in [2.05, 4.69) is 10.1 Å². The van der Waals surface area contributed by atoms with E-state index in [1.165, 1.54) is 47.4 Å². The van der Waals surface area contributed by atoms with Crippen LogP contribution in [0.25, 0.3) is 10.2 Å². The topological polar surface area (TPSA) is 85.2 Å². The molecule has 10 heteroatoms. The Hall–Kier alpha value is -3.11. The quantitative estimate of drug-likeness (QED) is 0.421. The monoisotopic (exact) mass is 458 g/mol. The third kappa shape index (κ3) is 4.35. The lowest BCUT2D eigenvalue weighted by Gasteiger charge is -2.21. The number of sulfone groups is 1. The second kappa shape index (κ2) is 8.56. The summed E-state index contributed by atoms with van der Waals surface area (Å²) in [4.78, 5) is 19.5. The Morgan fingerprint density at radius 2 is 2.00 bits per heavy atom. The molecule has 0 aliphatic heterocycles. The van der Waals surface area contributed by atoms with Crippen molar-refractivity contribution >= 4 is 42.4 Å². The first-order valence-corrected chi connectivity index (χ1v) is 12.0. The molecular formula is C21H19FN4O3S2. The van der Waals surface area contributed by atoms with Crippen LogP contribution in [-0.4, -0.2) is 41.4 Å². The van der Waals surface area contributed by atoms with Crippen LogP contribution in [-0.2, 0) is 16.4 Å². The fourth-order valence-electron chi connectivity index (χ4n) is 3.14. The van der Waals surface area contributed by atoms with Gasteiger partial charge in [0.25, 0.3) is 5.91 Å². The molecule has 2 aromatic heterocycles. The van der Waals surface area contributed by atoms with Crippen LogP contribution in [0.15, 0.2) is 65.8 Å². The summed E-state index contributed by atoms with van der Waals surface area (Å²) in [6.07, 6.45) is 3.40. The molecule has 160 valence electrons. The normalized spacial score (nSPS) is 11.7. The summed E-state index contributed by atoms with van der Waals surface area (Å²) in [6.45, 7) is 2.13. The maximum absolute atomic E-state index is 13.6. The zero-order chi connectivity index (χ0) is 22.0. The Labute approximate surface area is 182 Å². The fraction of sp³-hybridized carbons (Fsp3) is 0.190. The number of nitrogens with zero attached hydrogens (tertiary/aromatic N) is 4. The highest BCUT2D eigenvalue weighted by atomic mass is 32.2. The molecule has 4 aromatic rings. The number of thiazole rings is 1. The molecule has 0 unspecified atom stereocenters. The van der Waals surface area contributed by atoms with Crippen molar-refractivity contribution in [3.63, 3.8) is 0 Å². The molecule has 7 nitrogen and oxygen atoms in total. The predicted octanol–water partition coefficient (Wildman–Crippen LogP) is 3.77. The van der Waals surface area contributed by atoms with Gasteiger partial charge in [0.2, 0.25) is 0 Å². The molecule has 31 heavy (non-hydrogen) atoms. The lowest BCUT2D eigenvalue weighted by molar-refractivity contribution is 0.0982. The highest BCUT2D eigenvalue weighted by Crippen LogP contribution is 2.31. The van der Waals surface area contributed by atoms with E-state index >= 15 is 0 Å². The molecule has 0 spiro atoms. The van der Waals surface area contributed by atoms with Gasteiger partial charge in [-0.1, -0.05) is 30.4 Å². The number of benzene rings is 2. The Kier molecular flexibility index (Phi) is 5.84. The molecule has 2 aromatic carbocycles. The number of halogens is 1. The third-order valence-electron chi connectivity index (χ3n) is 4.76. The smallest absolute Gasteiger partial charge is 0.261 e. The summed E-state index contributed by atoms with van der Waals surface area (Å²) in [5.41, 5.74) is 0.642. The average Bonchev–Trinajstić information content (AvgIpc) is 3.43. The van der Waals surface area contributed by atoms with Crippen molar-refractivity contribution in [1.82, 2.24) is 14.8 Å². The van der Waals surface area contributed by atoms with Crippen LogP contribution in [0.3, 0.4) is 0 Å². The second-order valence-electron chi connectivity index (χ2n) is 6.73. The number of fused-ring (bicyclic) bond motifs is 1. The van der Waals surface area contributed by atoms with Crippen molar-refractivity contribution in [3.8, 4) is 0 Å². The minimum atomic E-state index is -3.61. The van der Waals surface area contributed by atoms with Crippen LogP contribution in [0.1, 0.15) is 17.3 Å². The molecule has 0 atom stereocenters. The van der Waals surface area contributed by atoms with Crippen molar-refractivity contribution in [1.29, 1.82) is 0 Å². The Balaban J connectivity index is 1.78. The van der Waals surface area contributed by atoms with Crippen molar-refractivity contribution in [2.45, 2.75) is 18.4 Å². The number of hydrogen-bond donors (Lipinski definition) is 0. The molecule has 0 aliphatic carbocycles. The Bertz CT molecular complexity index is 1330. The zero-order valence-corrected chi connectivity index (χ0v) is 18.2. The van der Waals surface area contributed by atoms with Gasteiger partial charge in [-0.15, -0.1) is 0 Å². The minimum absolute atomic E-state index is 0.0151. The summed E-state index contributed by atoms with van der Waals surface area (Å²) in [7, 11) is -3.61. The largest absolute Gasteiger partial charge is 0.282 e. The maximum atomic E-state index is 13.6. The lowest BCUT2D eigenvalue weighted by atomic mass is 10.2. The first-order valence-electron chi connectivity index (χ1n) is 9.56. The number of carbonyl (C=O) groups is 1. The molecular weight excluding hydrogens is 439 g/mol. The molecule has 0 saturated carbocycles. The molecule has 0 aliphatic rings. The van der Waals surface area contributed by atoms with Gasteiger partial charge in [-0.05, 0) is 36.4 Å². The van der Waals surface area contributed by atoms with Crippen molar-refractivity contribution in [2.24, 2.45) is 0 Å². The van der Waals surface area contributed by atoms with E-state index < -0.39 is 21.6 Å². The van der Waals surface area contributed by atoms with Crippen LogP contribution in [0.4, 0.5) is 9.52 Å². The predicted molar refractivity (Wildman–Crippen MR) is 118 cm³/mol. The molecule has 0 fully saturated rings. The van der Waals surface area contributed by atoms with Crippen LogP contribution in [0.5, 0.6) is 0 Å². The third-order valence-corrected chi connectivity index (χ3v) is 7.59. The second-order valence-corrected chi connectivity index (χ2v) is 9.99. The molecule has 2 heterocycles. The van der Waals surface area contributed by atoms with Crippen LogP contribution in [0, 0.1) is 5.82 Å². The van der Waals surface area contributed by atoms with E-state index in [-0.39, 0.29) is 22.8 Å². The lowest BCUT2D eigenvalue weighted by Crippen LogP contribution is -2.35. The Morgan fingerprint density at radius 1 is 1.19 bits per heavy atom. The van der Waals surface area contributed by atoms with Crippen LogP contribution < -0.4 is 4.90 Å². The number of carbonyl (C=O) groups excluding carboxylic acids is 1. The highest BCUT2D eigenvalue weighted by Gasteiger charge is 2.27. The first kappa shape index (κ1) is 21.1. The van der Waals surface area contributed by atoms with E-state index in [1.807, 2.05) is 0 Å². The van der Waals surface area contributed by atoms with E-state index in [0.29, 0.717) is 21.9 Å². The molecule has 0 radical (unpaired) electrons. The highest BCUT2D eigenvalue weighted by molar-refractivity contribution is 7.91. The SMILES string of the molecule is CCS(=O)(=O)c1ccccc1C(=O)N(CCn1cccn1)c1nc2ccc(F)cc2s1. The minimum Gasteiger partial charge on any atom is -0.282 e. The van der Waals surface area contributed by atoms with E-state index in [0.717, 1.165) is 0 Å². The van der Waals surface area contributed by atoms with E-state index in [4.69, 9.17) is 0 Å². The number of aromatic nitrogens is 3. The number of amides is 1. The van der Waals surface area contributed by atoms with Gasteiger partial charge in [-0.2, -0.15) is 5.10 Å². The van der Waals surface area contributed by atoms with Gasteiger partial charge in [0.1, 0.15) is 5.82 Å². The van der Waals surface area contributed by atoms with Crippen molar-refractivity contribution < 1.29 is 17.6 Å². The van der Waals surface area contributed by atoms with Gasteiger partial charge >= 0.3 is 0 Å². The summed E-state index contributed by atoms with van der Waals surface area (Å²) in [6, 6.07) is 12.2. The van der Waals surface area contributed by atoms with Gasteiger partial charge in [0.15, 0.2) is 15.0 Å². The summed E-state index contributed by atoms with van der Waals surface area (Å²) < 4.78 is 41.1.